The molecule has 0 N–H and O–H groups in total. The first kappa shape index (κ1) is 22.0. The number of amides is 1. The van der Waals surface area contributed by atoms with Crippen molar-refractivity contribution in [3.63, 3.8) is 0 Å². The van der Waals surface area contributed by atoms with Gasteiger partial charge in [-0.3, -0.25) is 14.7 Å². The number of fused-ring (bicyclic) bond motifs is 1. The molecule has 0 atom stereocenters. The van der Waals surface area contributed by atoms with Gasteiger partial charge in [0.15, 0.2) is 11.7 Å². The Labute approximate surface area is 192 Å². The number of carbonyl (C=O) groups is 1. The zero-order valence-corrected chi connectivity index (χ0v) is 19.6. The summed E-state index contributed by atoms with van der Waals surface area (Å²) in [6.45, 7) is 8.75. The van der Waals surface area contributed by atoms with Crippen molar-refractivity contribution in [1.82, 2.24) is 9.97 Å². The molecule has 0 saturated carbocycles. The number of ether oxygens (including phenoxy) is 1. The Kier molecular flexibility index (Phi) is 6.51. The van der Waals surface area contributed by atoms with Crippen LogP contribution < -0.4 is 9.64 Å². The molecular weight excluding hydrogens is 418 g/mol. The van der Waals surface area contributed by atoms with Crippen LogP contribution in [0.1, 0.15) is 42.0 Å². The topological polar surface area (TPSA) is 55.3 Å². The van der Waals surface area contributed by atoms with Gasteiger partial charge in [-0.1, -0.05) is 49.4 Å². The number of hydrogen-bond donors (Lipinski definition) is 0. The van der Waals surface area contributed by atoms with E-state index in [-0.39, 0.29) is 12.5 Å². The number of carbonyl (C=O) groups excluding carboxylic acids is 1. The molecule has 0 aliphatic rings. The summed E-state index contributed by atoms with van der Waals surface area (Å²) in [5.41, 5.74) is 5.40. The van der Waals surface area contributed by atoms with Crippen molar-refractivity contribution in [3.8, 4) is 5.75 Å². The van der Waals surface area contributed by atoms with E-state index in [1.165, 1.54) is 22.5 Å². The van der Waals surface area contributed by atoms with E-state index in [9.17, 15) is 4.79 Å². The van der Waals surface area contributed by atoms with Crippen LogP contribution in [0.5, 0.6) is 5.75 Å². The van der Waals surface area contributed by atoms with Gasteiger partial charge in [0, 0.05) is 12.4 Å². The van der Waals surface area contributed by atoms with Gasteiger partial charge in [0.2, 0.25) is 0 Å². The van der Waals surface area contributed by atoms with E-state index >= 15 is 0 Å². The van der Waals surface area contributed by atoms with Crippen LogP contribution in [0.2, 0.25) is 0 Å². The molecule has 0 fully saturated rings. The second kappa shape index (κ2) is 9.49. The maximum atomic E-state index is 13.3. The minimum Gasteiger partial charge on any atom is -0.484 e. The fourth-order valence-corrected chi connectivity index (χ4v) is 4.74. The Morgan fingerprint density at radius 2 is 1.91 bits per heavy atom. The average molecular weight is 446 g/mol. The van der Waals surface area contributed by atoms with Crippen molar-refractivity contribution in [2.45, 2.75) is 40.2 Å². The van der Waals surface area contributed by atoms with Crippen molar-refractivity contribution in [3.05, 3.63) is 83.2 Å². The van der Waals surface area contributed by atoms with E-state index in [0.717, 1.165) is 21.3 Å². The van der Waals surface area contributed by atoms with Crippen molar-refractivity contribution < 1.29 is 9.53 Å². The van der Waals surface area contributed by atoms with Gasteiger partial charge < -0.3 is 4.74 Å². The zero-order valence-electron chi connectivity index (χ0n) is 18.8. The van der Waals surface area contributed by atoms with Crippen molar-refractivity contribution >= 4 is 32.6 Å². The van der Waals surface area contributed by atoms with Crippen LogP contribution >= 0.6 is 11.3 Å². The lowest BCUT2D eigenvalue weighted by atomic mass is 10.0. The number of anilines is 1. The maximum Gasteiger partial charge on any atom is 0.267 e. The van der Waals surface area contributed by atoms with Crippen LogP contribution in [0.4, 0.5) is 5.13 Å². The fraction of sp³-hybridized carbons (Fsp3) is 0.269. The van der Waals surface area contributed by atoms with Crippen LogP contribution in [0.3, 0.4) is 0 Å². The third-order valence-corrected chi connectivity index (χ3v) is 6.35. The number of rotatable bonds is 7. The van der Waals surface area contributed by atoms with Crippen LogP contribution in [-0.2, 0) is 11.3 Å². The molecule has 2 aromatic heterocycles. The quantitative estimate of drug-likeness (QED) is 0.348. The molecule has 32 heavy (non-hydrogen) atoms. The Morgan fingerprint density at radius 3 is 2.59 bits per heavy atom. The minimum absolute atomic E-state index is 0.0603. The summed E-state index contributed by atoms with van der Waals surface area (Å²) in [6, 6.07) is 16.0. The van der Waals surface area contributed by atoms with Gasteiger partial charge in [0.25, 0.3) is 5.91 Å². The average Bonchev–Trinajstić information content (AvgIpc) is 3.21. The SMILES string of the molecule is Cc1cc(C)c2nc(N(Cc3cccnc3)C(=O)COc3ccc(C(C)C)cc3)sc2c1. The van der Waals surface area contributed by atoms with E-state index in [2.05, 4.69) is 44.8 Å². The molecule has 6 heteroatoms. The lowest BCUT2D eigenvalue weighted by Gasteiger charge is -2.20. The van der Waals surface area contributed by atoms with E-state index < -0.39 is 0 Å². The molecule has 2 aromatic carbocycles. The largest absolute Gasteiger partial charge is 0.484 e. The molecule has 4 aromatic rings. The summed E-state index contributed by atoms with van der Waals surface area (Å²) in [7, 11) is 0. The second-order valence-electron chi connectivity index (χ2n) is 8.28. The van der Waals surface area contributed by atoms with Gasteiger partial charge in [-0.15, -0.1) is 0 Å². The highest BCUT2D eigenvalue weighted by Gasteiger charge is 2.21. The number of benzene rings is 2. The van der Waals surface area contributed by atoms with E-state index in [1.807, 2.05) is 36.4 Å². The summed E-state index contributed by atoms with van der Waals surface area (Å²) < 4.78 is 6.91. The molecule has 0 saturated heterocycles. The highest BCUT2D eigenvalue weighted by molar-refractivity contribution is 7.22. The lowest BCUT2D eigenvalue weighted by Crippen LogP contribution is -2.34. The van der Waals surface area contributed by atoms with Crippen LogP contribution in [0.25, 0.3) is 10.2 Å². The van der Waals surface area contributed by atoms with E-state index in [4.69, 9.17) is 9.72 Å². The fourth-order valence-electron chi connectivity index (χ4n) is 3.58. The van der Waals surface area contributed by atoms with E-state index in [1.54, 1.807) is 17.3 Å². The molecule has 4 rings (SSSR count). The first-order valence-corrected chi connectivity index (χ1v) is 11.5. The van der Waals surface area contributed by atoms with Gasteiger partial charge in [-0.2, -0.15) is 0 Å². The lowest BCUT2D eigenvalue weighted by molar-refractivity contribution is -0.120. The summed E-state index contributed by atoms with van der Waals surface area (Å²) in [5, 5.41) is 0.668. The minimum atomic E-state index is -0.143. The van der Waals surface area contributed by atoms with Gasteiger partial charge in [0.05, 0.1) is 16.8 Å². The predicted molar refractivity (Wildman–Crippen MR) is 131 cm³/mol. The van der Waals surface area contributed by atoms with Crippen LogP contribution in [0.15, 0.2) is 60.9 Å². The number of pyridine rings is 1. The molecule has 1 amide bonds. The van der Waals surface area contributed by atoms with Crippen LogP contribution in [-0.4, -0.2) is 22.5 Å². The van der Waals surface area contributed by atoms with Gasteiger partial charge in [-0.05, 0) is 66.3 Å². The highest BCUT2D eigenvalue weighted by Crippen LogP contribution is 2.32. The summed E-state index contributed by atoms with van der Waals surface area (Å²) in [4.78, 5) is 24.0. The molecule has 0 aliphatic heterocycles. The summed E-state index contributed by atoms with van der Waals surface area (Å²) in [6.07, 6.45) is 3.50. The Morgan fingerprint density at radius 1 is 1.12 bits per heavy atom. The van der Waals surface area contributed by atoms with Crippen molar-refractivity contribution in [2.75, 3.05) is 11.5 Å². The van der Waals surface area contributed by atoms with Gasteiger partial charge >= 0.3 is 0 Å². The van der Waals surface area contributed by atoms with Gasteiger partial charge in [-0.25, -0.2) is 4.98 Å². The zero-order chi connectivity index (χ0) is 22.7. The molecule has 0 aliphatic carbocycles. The molecule has 0 unspecified atom stereocenters. The second-order valence-corrected chi connectivity index (χ2v) is 9.29. The standard InChI is InChI=1S/C26H27N3O2S/c1-17(2)21-7-9-22(10-8-21)31-16-24(30)29(15-20-6-5-11-27-14-20)26-28-25-19(4)12-18(3)13-23(25)32-26/h5-14,17H,15-16H2,1-4H3. The number of thiazole rings is 1. The van der Waals surface area contributed by atoms with E-state index in [0.29, 0.717) is 23.3 Å². The Hall–Kier alpha value is -3.25. The summed E-state index contributed by atoms with van der Waals surface area (Å²) >= 11 is 1.53. The molecule has 0 spiro atoms. The predicted octanol–water partition coefficient (Wildman–Crippen LogP) is 6.04. The van der Waals surface area contributed by atoms with Crippen molar-refractivity contribution in [1.29, 1.82) is 0 Å². The summed E-state index contributed by atoms with van der Waals surface area (Å²) in [5.74, 6) is 0.988. The number of nitrogens with zero attached hydrogens (tertiary/aromatic N) is 3. The third-order valence-electron chi connectivity index (χ3n) is 5.32. The molecule has 164 valence electrons. The maximum absolute atomic E-state index is 13.3. The third kappa shape index (κ3) is 4.97. The first-order chi connectivity index (χ1) is 15.4. The molecule has 0 radical (unpaired) electrons. The normalized spacial score (nSPS) is 11.2. The highest BCUT2D eigenvalue weighted by atomic mass is 32.1. The number of hydrogen-bond acceptors (Lipinski definition) is 5. The monoisotopic (exact) mass is 445 g/mol. The smallest absolute Gasteiger partial charge is 0.267 e. The molecule has 0 bridgehead atoms. The van der Waals surface area contributed by atoms with Crippen LogP contribution in [0, 0.1) is 13.8 Å². The van der Waals surface area contributed by atoms with Crippen molar-refractivity contribution in [2.24, 2.45) is 0 Å². The van der Waals surface area contributed by atoms with Gasteiger partial charge in [0.1, 0.15) is 5.75 Å². The Bertz CT molecular complexity index is 1220. The molecular formula is C26H27N3O2S. The molecule has 2 heterocycles. The number of aryl methyl sites for hydroxylation is 2. The molecule has 5 nitrogen and oxygen atoms in total. The Balaban J connectivity index is 1.59. The first-order valence-electron chi connectivity index (χ1n) is 10.7. The number of aromatic nitrogens is 2.